The average Bonchev–Trinajstić information content (AvgIpc) is 2.67. The van der Waals surface area contributed by atoms with E-state index in [1.165, 1.54) is 24.8 Å². The highest BCUT2D eigenvalue weighted by Crippen LogP contribution is 2.22. The summed E-state index contributed by atoms with van der Waals surface area (Å²) >= 11 is 0. The maximum atomic E-state index is 4.41. The predicted octanol–water partition coefficient (Wildman–Crippen LogP) is 2.35. The summed E-state index contributed by atoms with van der Waals surface area (Å²) in [5, 5.41) is 7.96. The van der Waals surface area contributed by atoms with E-state index in [-0.39, 0.29) is 0 Å². The Hall–Kier alpha value is -0.830. The first-order chi connectivity index (χ1) is 7.25. The standard InChI is InChI=1S/C12H21N3/c1-10(2)8-15-9-11(7-14-15)12-5-3-4-6-13-12/h7,9-10,12-13H,3-6,8H2,1-2H3/t12-/m1/s1. The first kappa shape index (κ1) is 10.7. The van der Waals surface area contributed by atoms with Gasteiger partial charge in [-0.3, -0.25) is 4.68 Å². The molecule has 1 aliphatic heterocycles. The number of rotatable bonds is 3. The molecule has 84 valence electrons. The summed E-state index contributed by atoms with van der Waals surface area (Å²) in [4.78, 5) is 0. The minimum Gasteiger partial charge on any atom is -0.310 e. The summed E-state index contributed by atoms with van der Waals surface area (Å²) in [6.07, 6.45) is 8.13. The molecule has 0 unspecified atom stereocenters. The molecule has 1 saturated heterocycles. The highest BCUT2D eigenvalue weighted by molar-refractivity contribution is 5.11. The van der Waals surface area contributed by atoms with Crippen LogP contribution in [-0.4, -0.2) is 16.3 Å². The molecular weight excluding hydrogens is 186 g/mol. The van der Waals surface area contributed by atoms with Crippen LogP contribution in [0.25, 0.3) is 0 Å². The minimum atomic E-state index is 0.541. The highest BCUT2D eigenvalue weighted by atomic mass is 15.3. The monoisotopic (exact) mass is 207 g/mol. The first-order valence-electron chi connectivity index (χ1n) is 6.01. The van der Waals surface area contributed by atoms with Crippen molar-refractivity contribution < 1.29 is 0 Å². The van der Waals surface area contributed by atoms with Crippen LogP contribution in [0.4, 0.5) is 0 Å². The molecule has 2 heterocycles. The van der Waals surface area contributed by atoms with Crippen LogP contribution in [0.2, 0.25) is 0 Å². The van der Waals surface area contributed by atoms with E-state index in [9.17, 15) is 0 Å². The molecule has 3 heteroatoms. The Balaban J connectivity index is 1.99. The van der Waals surface area contributed by atoms with Gasteiger partial charge in [-0.25, -0.2) is 0 Å². The fourth-order valence-electron chi connectivity index (χ4n) is 2.17. The fraction of sp³-hybridized carbons (Fsp3) is 0.750. The largest absolute Gasteiger partial charge is 0.310 e. The lowest BCUT2D eigenvalue weighted by Gasteiger charge is -2.22. The van der Waals surface area contributed by atoms with Crippen molar-refractivity contribution in [2.75, 3.05) is 6.54 Å². The van der Waals surface area contributed by atoms with E-state index >= 15 is 0 Å². The predicted molar refractivity (Wildman–Crippen MR) is 61.7 cm³/mol. The average molecular weight is 207 g/mol. The quantitative estimate of drug-likeness (QED) is 0.824. The van der Waals surface area contributed by atoms with Gasteiger partial charge >= 0.3 is 0 Å². The Kier molecular flexibility index (Phi) is 3.41. The molecule has 2 rings (SSSR count). The van der Waals surface area contributed by atoms with Crippen molar-refractivity contribution in [1.82, 2.24) is 15.1 Å². The zero-order valence-corrected chi connectivity index (χ0v) is 9.74. The third-order valence-corrected chi connectivity index (χ3v) is 2.92. The molecule has 1 atom stereocenters. The van der Waals surface area contributed by atoms with Gasteiger partial charge in [0.15, 0.2) is 0 Å². The van der Waals surface area contributed by atoms with E-state index in [2.05, 4.69) is 35.1 Å². The number of aromatic nitrogens is 2. The van der Waals surface area contributed by atoms with Crippen molar-refractivity contribution in [3.8, 4) is 0 Å². The maximum Gasteiger partial charge on any atom is 0.0537 e. The zero-order valence-electron chi connectivity index (χ0n) is 9.74. The third kappa shape index (κ3) is 2.81. The summed E-state index contributed by atoms with van der Waals surface area (Å²) in [7, 11) is 0. The molecule has 0 bridgehead atoms. The lowest BCUT2D eigenvalue weighted by molar-refractivity contribution is 0.411. The molecule has 0 spiro atoms. The minimum absolute atomic E-state index is 0.541. The van der Waals surface area contributed by atoms with Crippen LogP contribution >= 0.6 is 0 Å². The van der Waals surface area contributed by atoms with Gasteiger partial charge < -0.3 is 5.32 Å². The summed E-state index contributed by atoms with van der Waals surface area (Å²) in [6.45, 7) is 6.62. The summed E-state index contributed by atoms with van der Waals surface area (Å²) in [5.74, 6) is 0.664. The SMILES string of the molecule is CC(C)Cn1cc([C@H]2CCCCN2)cn1. The Morgan fingerprint density at radius 2 is 2.40 bits per heavy atom. The van der Waals surface area contributed by atoms with E-state index in [0.29, 0.717) is 12.0 Å². The van der Waals surface area contributed by atoms with Crippen molar-refractivity contribution in [2.45, 2.75) is 45.7 Å². The third-order valence-electron chi connectivity index (χ3n) is 2.92. The number of nitrogens with zero attached hydrogens (tertiary/aromatic N) is 2. The van der Waals surface area contributed by atoms with Crippen LogP contribution in [0.3, 0.4) is 0 Å². The molecule has 1 aromatic rings. The molecule has 0 saturated carbocycles. The molecule has 0 aromatic carbocycles. The fourth-order valence-corrected chi connectivity index (χ4v) is 2.17. The summed E-state index contributed by atoms with van der Waals surface area (Å²) < 4.78 is 2.07. The topological polar surface area (TPSA) is 29.9 Å². The van der Waals surface area contributed by atoms with Crippen LogP contribution in [0.5, 0.6) is 0 Å². The van der Waals surface area contributed by atoms with E-state index in [4.69, 9.17) is 0 Å². The maximum absolute atomic E-state index is 4.41. The molecule has 1 N–H and O–H groups in total. The Morgan fingerprint density at radius 1 is 1.53 bits per heavy atom. The molecule has 1 aromatic heterocycles. The van der Waals surface area contributed by atoms with Crippen LogP contribution < -0.4 is 5.32 Å². The van der Waals surface area contributed by atoms with Crippen LogP contribution in [0.1, 0.15) is 44.7 Å². The van der Waals surface area contributed by atoms with Crippen LogP contribution in [0, 0.1) is 5.92 Å². The van der Waals surface area contributed by atoms with E-state index in [1.807, 2.05) is 6.20 Å². The van der Waals surface area contributed by atoms with Crippen molar-refractivity contribution in [3.05, 3.63) is 18.0 Å². The van der Waals surface area contributed by atoms with E-state index in [1.54, 1.807) is 0 Å². The van der Waals surface area contributed by atoms with Gasteiger partial charge in [-0.1, -0.05) is 20.3 Å². The normalized spacial score (nSPS) is 22.2. The second kappa shape index (κ2) is 4.79. The van der Waals surface area contributed by atoms with Gasteiger partial charge in [-0.15, -0.1) is 0 Å². The smallest absolute Gasteiger partial charge is 0.0537 e. The molecule has 1 aliphatic rings. The van der Waals surface area contributed by atoms with Crippen molar-refractivity contribution in [1.29, 1.82) is 0 Å². The van der Waals surface area contributed by atoms with Gasteiger partial charge in [0.2, 0.25) is 0 Å². The Labute approximate surface area is 91.9 Å². The van der Waals surface area contributed by atoms with Crippen molar-refractivity contribution in [3.63, 3.8) is 0 Å². The lowest BCUT2D eigenvalue weighted by Crippen LogP contribution is -2.26. The molecule has 15 heavy (non-hydrogen) atoms. The Morgan fingerprint density at radius 3 is 3.07 bits per heavy atom. The number of piperidine rings is 1. The van der Waals surface area contributed by atoms with Crippen molar-refractivity contribution >= 4 is 0 Å². The molecule has 0 radical (unpaired) electrons. The summed E-state index contributed by atoms with van der Waals surface area (Å²) in [5.41, 5.74) is 1.36. The summed E-state index contributed by atoms with van der Waals surface area (Å²) in [6, 6.07) is 0.541. The van der Waals surface area contributed by atoms with Gasteiger partial charge in [-0.05, 0) is 25.3 Å². The molecule has 1 fully saturated rings. The van der Waals surface area contributed by atoms with Gasteiger partial charge in [0.1, 0.15) is 0 Å². The van der Waals surface area contributed by atoms with E-state index in [0.717, 1.165) is 13.1 Å². The molecule has 0 amide bonds. The van der Waals surface area contributed by atoms with Gasteiger partial charge in [0, 0.05) is 24.3 Å². The number of hydrogen-bond donors (Lipinski definition) is 1. The van der Waals surface area contributed by atoms with Crippen molar-refractivity contribution in [2.24, 2.45) is 5.92 Å². The van der Waals surface area contributed by atoms with Crippen LogP contribution in [0.15, 0.2) is 12.4 Å². The molecule has 3 nitrogen and oxygen atoms in total. The molecular formula is C12H21N3. The number of nitrogens with one attached hydrogen (secondary N) is 1. The van der Waals surface area contributed by atoms with Gasteiger partial charge in [0.25, 0.3) is 0 Å². The van der Waals surface area contributed by atoms with Gasteiger partial charge in [0.05, 0.1) is 6.20 Å². The zero-order chi connectivity index (χ0) is 10.7. The second-order valence-corrected chi connectivity index (χ2v) is 4.89. The Bertz CT molecular complexity index is 298. The van der Waals surface area contributed by atoms with Gasteiger partial charge in [-0.2, -0.15) is 5.10 Å². The highest BCUT2D eigenvalue weighted by Gasteiger charge is 2.16. The second-order valence-electron chi connectivity index (χ2n) is 4.89. The van der Waals surface area contributed by atoms with E-state index < -0.39 is 0 Å². The number of hydrogen-bond acceptors (Lipinski definition) is 2. The molecule has 0 aliphatic carbocycles. The van der Waals surface area contributed by atoms with Crippen LogP contribution in [-0.2, 0) is 6.54 Å². The first-order valence-corrected chi connectivity index (χ1v) is 6.01. The lowest BCUT2D eigenvalue weighted by atomic mass is 10.0.